The molecule has 0 aliphatic heterocycles. The van der Waals surface area contributed by atoms with Crippen molar-refractivity contribution in [3.8, 4) is 11.8 Å². The van der Waals surface area contributed by atoms with Crippen LogP contribution in [0, 0.1) is 11.8 Å². The Labute approximate surface area is 110 Å². The maximum absolute atomic E-state index is 3.75. The van der Waals surface area contributed by atoms with Gasteiger partial charge in [0.25, 0.3) is 0 Å². The summed E-state index contributed by atoms with van der Waals surface area (Å²) in [6.45, 7) is 3.75. The highest BCUT2D eigenvalue weighted by Gasteiger charge is 1.99. The molecule has 15 heavy (non-hydrogen) atoms. The lowest BCUT2D eigenvalue weighted by atomic mass is 10.1. The van der Waals surface area contributed by atoms with Gasteiger partial charge in [-0.1, -0.05) is 40.5 Å². The fourth-order valence-electron chi connectivity index (χ4n) is 1.21. The highest BCUT2D eigenvalue weighted by molar-refractivity contribution is 14.1. The van der Waals surface area contributed by atoms with Gasteiger partial charge in [-0.25, -0.2) is 0 Å². The van der Waals surface area contributed by atoms with Crippen LogP contribution in [0.2, 0.25) is 0 Å². The Hall–Kier alpha value is -0.270. The molecule has 0 nitrogen and oxygen atoms in total. The lowest BCUT2D eigenvalue weighted by Crippen LogP contribution is -1.94. The Morgan fingerprint density at radius 2 is 2.47 bits per heavy atom. The number of hydrogen-bond donors (Lipinski definition) is 0. The van der Waals surface area contributed by atoms with Crippen molar-refractivity contribution < 1.29 is 0 Å². The maximum atomic E-state index is 3.75. The molecule has 0 spiro atoms. The molecule has 0 fully saturated rings. The number of halogens is 1. The van der Waals surface area contributed by atoms with E-state index < -0.39 is 0 Å². The zero-order valence-electron chi connectivity index (χ0n) is 8.71. The maximum Gasteiger partial charge on any atom is 0.0352 e. The molecule has 0 radical (unpaired) electrons. The highest BCUT2D eigenvalue weighted by Crippen LogP contribution is 2.14. The van der Waals surface area contributed by atoms with Gasteiger partial charge in [0.1, 0.15) is 0 Å². The lowest BCUT2D eigenvalue weighted by molar-refractivity contribution is 0.736. The fourth-order valence-corrected chi connectivity index (χ4v) is 2.60. The summed E-state index contributed by atoms with van der Waals surface area (Å²) >= 11 is 4.19. The molecule has 1 aromatic rings. The molecule has 1 rings (SSSR count). The third-order valence-corrected chi connectivity index (χ3v) is 3.81. The normalized spacial score (nSPS) is 11.5. The van der Waals surface area contributed by atoms with E-state index in [0.717, 1.165) is 22.3 Å². The van der Waals surface area contributed by atoms with E-state index in [9.17, 15) is 0 Å². The van der Waals surface area contributed by atoms with Crippen molar-refractivity contribution in [3.63, 3.8) is 0 Å². The van der Waals surface area contributed by atoms with Crippen LogP contribution in [0.5, 0.6) is 0 Å². The Kier molecular flexibility index (Phi) is 6.78. The molecule has 1 atom stereocenters. The summed E-state index contributed by atoms with van der Waals surface area (Å²) in [6.07, 6.45) is 6.54. The predicted octanol–water partition coefficient (Wildman–Crippen LogP) is 4.65. The van der Waals surface area contributed by atoms with Crippen LogP contribution in [0.4, 0.5) is 0 Å². The predicted molar refractivity (Wildman–Crippen MR) is 77.7 cm³/mol. The molecule has 0 aromatic carbocycles. The molecule has 2 heteroatoms. The molecule has 1 aromatic heterocycles. The van der Waals surface area contributed by atoms with Gasteiger partial charge in [0.2, 0.25) is 0 Å². The molecule has 1 unspecified atom stereocenters. The van der Waals surface area contributed by atoms with E-state index >= 15 is 0 Å². The van der Waals surface area contributed by atoms with Crippen LogP contribution in [-0.2, 0) is 0 Å². The molecule has 0 saturated carbocycles. The lowest BCUT2D eigenvalue weighted by Gasteiger charge is -2.03. The average Bonchev–Trinajstić information content (AvgIpc) is 2.70. The third kappa shape index (κ3) is 6.01. The van der Waals surface area contributed by atoms with Crippen LogP contribution >= 0.6 is 33.9 Å². The first-order valence-corrected chi connectivity index (χ1v) is 7.28. The smallest absolute Gasteiger partial charge is 0.0352 e. The first kappa shape index (κ1) is 12.8. The van der Waals surface area contributed by atoms with E-state index in [-0.39, 0.29) is 0 Å². The Morgan fingerprint density at radius 3 is 3.13 bits per heavy atom. The number of thiophene rings is 1. The van der Waals surface area contributed by atoms with Gasteiger partial charge in [-0.15, -0.1) is 6.58 Å². The largest absolute Gasteiger partial charge is 0.151 e. The van der Waals surface area contributed by atoms with Crippen molar-refractivity contribution >= 4 is 33.9 Å². The van der Waals surface area contributed by atoms with Gasteiger partial charge in [-0.05, 0) is 30.7 Å². The molecule has 0 amide bonds. The van der Waals surface area contributed by atoms with E-state index in [1.165, 1.54) is 12.8 Å². The zero-order valence-corrected chi connectivity index (χ0v) is 11.7. The second-order valence-electron chi connectivity index (χ2n) is 3.33. The van der Waals surface area contributed by atoms with Gasteiger partial charge in [0, 0.05) is 21.3 Å². The summed E-state index contributed by atoms with van der Waals surface area (Å²) in [4.78, 5) is 0. The SMILES string of the molecule is C=CCC(I)CCCC#Cc1ccsc1. The summed E-state index contributed by atoms with van der Waals surface area (Å²) in [5.74, 6) is 6.38. The summed E-state index contributed by atoms with van der Waals surface area (Å²) in [5, 5.41) is 4.15. The molecule has 1 heterocycles. The number of rotatable bonds is 5. The molecule has 0 aliphatic rings. The van der Waals surface area contributed by atoms with E-state index in [1.54, 1.807) is 11.3 Å². The molecular formula is C13H15IS. The van der Waals surface area contributed by atoms with Crippen molar-refractivity contribution in [2.75, 3.05) is 0 Å². The summed E-state index contributed by atoms with van der Waals surface area (Å²) < 4.78 is 0.725. The standard InChI is InChI=1S/C13H15IS/c1-2-6-13(14)8-5-3-4-7-12-9-10-15-11-12/h2,9-11,13H,1,3,5-6,8H2. The number of hydrogen-bond acceptors (Lipinski definition) is 1. The van der Waals surface area contributed by atoms with Crippen LogP contribution in [0.25, 0.3) is 0 Å². The van der Waals surface area contributed by atoms with Crippen molar-refractivity contribution in [2.45, 2.75) is 29.6 Å². The van der Waals surface area contributed by atoms with Crippen LogP contribution < -0.4 is 0 Å². The molecular weight excluding hydrogens is 315 g/mol. The molecule has 0 aliphatic carbocycles. The van der Waals surface area contributed by atoms with Gasteiger partial charge in [0.05, 0.1) is 0 Å². The Morgan fingerprint density at radius 1 is 1.60 bits per heavy atom. The number of alkyl halides is 1. The second kappa shape index (κ2) is 7.95. The minimum Gasteiger partial charge on any atom is -0.151 e. The van der Waals surface area contributed by atoms with E-state index in [1.807, 2.05) is 6.08 Å². The topological polar surface area (TPSA) is 0 Å². The van der Waals surface area contributed by atoms with Gasteiger partial charge in [0.15, 0.2) is 0 Å². The van der Waals surface area contributed by atoms with Crippen molar-refractivity contribution in [3.05, 3.63) is 35.0 Å². The summed E-state index contributed by atoms with van der Waals surface area (Å²) in [6, 6.07) is 2.07. The minimum absolute atomic E-state index is 0.725. The molecule has 80 valence electrons. The molecule has 0 saturated heterocycles. The number of allylic oxidation sites excluding steroid dienone is 1. The molecule has 0 bridgehead atoms. The van der Waals surface area contributed by atoms with Crippen LogP contribution in [0.15, 0.2) is 29.5 Å². The van der Waals surface area contributed by atoms with Crippen molar-refractivity contribution in [2.24, 2.45) is 0 Å². The van der Waals surface area contributed by atoms with Crippen LogP contribution in [0.3, 0.4) is 0 Å². The van der Waals surface area contributed by atoms with Gasteiger partial charge >= 0.3 is 0 Å². The van der Waals surface area contributed by atoms with Gasteiger partial charge in [-0.2, -0.15) is 11.3 Å². The first-order chi connectivity index (χ1) is 7.33. The monoisotopic (exact) mass is 330 g/mol. The Bertz CT molecular complexity index is 329. The highest BCUT2D eigenvalue weighted by atomic mass is 127. The van der Waals surface area contributed by atoms with E-state index in [0.29, 0.717) is 0 Å². The Balaban J connectivity index is 2.13. The van der Waals surface area contributed by atoms with E-state index in [4.69, 9.17) is 0 Å². The van der Waals surface area contributed by atoms with Crippen LogP contribution in [0.1, 0.15) is 31.2 Å². The third-order valence-electron chi connectivity index (χ3n) is 2.00. The number of unbranched alkanes of at least 4 members (excludes halogenated alkanes) is 1. The van der Waals surface area contributed by atoms with Crippen molar-refractivity contribution in [1.29, 1.82) is 0 Å². The van der Waals surface area contributed by atoms with Crippen molar-refractivity contribution in [1.82, 2.24) is 0 Å². The second-order valence-corrected chi connectivity index (χ2v) is 5.87. The summed E-state index contributed by atoms with van der Waals surface area (Å²) in [7, 11) is 0. The quantitative estimate of drug-likeness (QED) is 0.242. The van der Waals surface area contributed by atoms with Gasteiger partial charge in [-0.3, -0.25) is 0 Å². The molecule has 0 N–H and O–H groups in total. The zero-order chi connectivity index (χ0) is 10.9. The van der Waals surface area contributed by atoms with Crippen LogP contribution in [-0.4, -0.2) is 3.92 Å². The van der Waals surface area contributed by atoms with E-state index in [2.05, 4.69) is 57.8 Å². The fraction of sp³-hybridized carbons (Fsp3) is 0.385. The minimum atomic E-state index is 0.725. The average molecular weight is 330 g/mol. The summed E-state index contributed by atoms with van der Waals surface area (Å²) in [5.41, 5.74) is 1.15. The first-order valence-electron chi connectivity index (χ1n) is 5.09. The van der Waals surface area contributed by atoms with Gasteiger partial charge < -0.3 is 0 Å².